The van der Waals surface area contributed by atoms with E-state index in [2.05, 4.69) is 14.0 Å². The Hall–Kier alpha value is -1.11. The summed E-state index contributed by atoms with van der Waals surface area (Å²) in [6.45, 7) is 1.55. The van der Waals surface area contributed by atoms with Crippen LogP contribution < -0.4 is 5.32 Å². The maximum Gasteiger partial charge on any atom is 0.321 e. The number of carbonyl (C=O) groups is 1. The minimum atomic E-state index is -0.156. The number of hydrogen-bond acceptors (Lipinski definition) is 3. The quantitative estimate of drug-likeness (QED) is 0.835. The van der Waals surface area contributed by atoms with Crippen molar-refractivity contribution < 1.29 is 4.79 Å². The predicted molar refractivity (Wildman–Crippen MR) is 77.8 cm³/mol. The first-order valence-electron chi connectivity index (χ1n) is 5.83. The maximum atomic E-state index is 12.1. The first kappa shape index (κ1) is 12.9. The minimum absolute atomic E-state index is 0.156. The SMILES string of the molecule is O=C(Nc1c(Cl)cc(Cl)c2c1N=S=N2)N1CCCC1. The van der Waals surface area contributed by atoms with E-state index in [1.165, 1.54) is 0 Å². The highest BCUT2D eigenvalue weighted by Crippen LogP contribution is 2.47. The molecule has 0 aliphatic carbocycles. The van der Waals surface area contributed by atoms with Crippen molar-refractivity contribution >= 4 is 57.6 Å². The Kier molecular flexibility index (Phi) is 3.47. The molecule has 1 saturated heterocycles. The third-order valence-electron chi connectivity index (χ3n) is 3.07. The Labute approximate surface area is 123 Å². The third-order valence-corrected chi connectivity index (χ3v) is 4.18. The summed E-state index contributed by atoms with van der Waals surface area (Å²) in [7, 11) is 0. The summed E-state index contributed by atoms with van der Waals surface area (Å²) in [5.41, 5.74) is 1.58. The molecule has 0 atom stereocenters. The number of halogens is 2. The summed E-state index contributed by atoms with van der Waals surface area (Å²) in [4.78, 5) is 13.9. The molecule has 2 aliphatic heterocycles. The van der Waals surface area contributed by atoms with Gasteiger partial charge in [-0.2, -0.15) is 8.73 Å². The molecular formula is C11H10Cl2N4OS. The van der Waals surface area contributed by atoms with E-state index in [-0.39, 0.29) is 6.03 Å². The Morgan fingerprint density at radius 3 is 2.63 bits per heavy atom. The van der Waals surface area contributed by atoms with Gasteiger partial charge in [0.25, 0.3) is 0 Å². The van der Waals surface area contributed by atoms with Gasteiger partial charge in [-0.25, -0.2) is 4.79 Å². The summed E-state index contributed by atoms with van der Waals surface area (Å²) in [5, 5.41) is 3.62. The highest BCUT2D eigenvalue weighted by atomic mass is 35.5. The normalized spacial score (nSPS) is 16.4. The average Bonchev–Trinajstić information content (AvgIpc) is 3.04. The smallest absolute Gasteiger partial charge is 0.321 e. The molecule has 2 heterocycles. The molecule has 0 spiro atoms. The molecule has 0 saturated carbocycles. The monoisotopic (exact) mass is 316 g/mol. The number of fused-ring (bicyclic) bond motifs is 1. The summed E-state index contributed by atoms with van der Waals surface area (Å²) in [6.07, 6.45) is 2.07. The second-order valence-corrected chi connectivity index (χ2v) is 5.64. The van der Waals surface area contributed by atoms with E-state index in [1.54, 1.807) is 11.0 Å². The summed E-state index contributed by atoms with van der Waals surface area (Å²) in [6, 6.07) is 1.42. The molecule has 1 aromatic carbocycles. The summed E-state index contributed by atoms with van der Waals surface area (Å²) < 4.78 is 8.25. The van der Waals surface area contributed by atoms with Crippen molar-refractivity contribution in [3.8, 4) is 0 Å². The van der Waals surface area contributed by atoms with Crippen molar-refractivity contribution in [1.82, 2.24) is 4.90 Å². The van der Waals surface area contributed by atoms with Crippen molar-refractivity contribution in [3.63, 3.8) is 0 Å². The third kappa shape index (κ3) is 2.35. The van der Waals surface area contributed by atoms with Gasteiger partial charge in [0.05, 0.1) is 27.1 Å². The first-order valence-corrected chi connectivity index (χ1v) is 7.31. The molecule has 2 amide bonds. The van der Waals surface area contributed by atoms with E-state index in [1.807, 2.05) is 0 Å². The lowest BCUT2D eigenvalue weighted by Gasteiger charge is -2.18. The Morgan fingerprint density at radius 1 is 1.21 bits per heavy atom. The fourth-order valence-corrected chi connectivity index (χ4v) is 3.26. The zero-order valence-corrected chi connectivity index (χ0v) is 12.1. The number of nitrogens with zero attached hydrogens (tertiary/aromatic N) is 3. The molecule has 1 fully saturated rings. The van der Waals surface area contributed by atoms with E-state index in [4.69, 9.17) is 23.2 Å². The lowest BCUT2D eigenvalue weighted by atomic mass is 10.2. The molecule has 0 radical (unpaired) electrons. The van der Waals surface area contributed by atoms with Crippen LogP contribution in [0.1, 0.15) is 12.8 Å². The molecular weight excluding hydrogens is 307 g/mol. The largest absolute Gasteiger partial charge is 0.325 e. The Balaban J connectivity index is 1.91. The molecule has 100 valence electrons. The van der Waals surface area contributed by atoms with Gasteiger partial charge in [0.2, 0.25) is 0 Å². The molecule has 1 N–H and O–H groups in total. The number of amides is 2. The van der Waals surface area contributed by atoms with E-state index in [0.717, 1.165) is 37.3 Å². The van der Waals surface area contributed by atoms with E-state index < -0.39 is 0 Å². The minimum Gasteiger partial charge on any atom is -0.325 e. The van der Waals surface area contributed by atoms with Gasteiger partial charge >= 0.3 is 6.03 Å². The Morgan fingerprint density at radius 2 is 1.89 bits per heavy atom. The maximum absolute atomic E-state index is 12.1. The lowest BCUT2D eigenvalue weighted by Crippen LogP contribution is -2.32. The standard InChI is InChI=1S/C11H10Cl2N4OS/c12-6-5-7(13)9-10(16-19-15-9)8(6)14-11(18)17-3-1-2-4-17/h5H,1-4H2,(H,14,18). The van der Waals surface area contributed by atoms with Crippen molar-refractivity contribution in [2.24, 2.45) is 8.73 Å². The summed E-state index contributed by atoms with van der Waals surface area (Å²) >= 11 is 13.2. The van der Waals surface area contributed by atoms with Crippen molar-refractivity contribution in [3.05, 3.63) is 16.1 Å². The van der Waals surface area contributed by atoms with E-state index in [0.29, 0.717) is 27.1 Å². The van der Waals surface area contributed by atoms with Gasteiger partial charge in [0.15, 0.2) is 0 Å². The molecule has 3 rings (SSSR count). The van der Waals surface area contributed by atoms with Gasteiger partial charge in [-0.15, -0.1) is 0 Å². The van der Waals surface area contributed by atoms with Crippen molar-refractivity contribution in [2.45, 2.75) is 12.8 Å². The number of carbonyl (C=O) groups excluding carboxylic acids is 1. The first-order chi connectivity index (χ1) is 9.16. The van der Waals surface area contributed by atoms with E-state index >= 15 is 0 Å². The van der Waals surface area contributed by atoms with Crippen LogP contribution in [0.25, 0.3) is 0 Å². The molecule has 0 unspecified atom stereocenters. The van der Waals surface area contributed by atoms with Crippen LogP contribution in [0.4, 0.5) is 21.9 Å². The number of benzene rings is 1. The lowest BCUT2D eigenvalue weighted by molar-refractivity contribution is 0.222. The number of nitrogens with one attached hydrogen (secondary N) is 1. The number of likely N-dealkylation sites (tertiary alicyclic amines) is 1. The second-order valence-electron chi connectivity index (χ2n) is 4.30. The van der Waals surface area contributed by atoms with Gasteiger partial charge in [0.1, 0.15) is 11.4 Å². The van der Waals surface area contributed by atoms with Crippen LogP contribution in [0, 0.1) is 0 Å². The zero-order chi connectivity index (χ0) is 13.4. The van der Waals surface area contributed by atoms with Crippen LogP contribution in [-0.2, 0) is 11.4 Å². The number of urea groups is 1. The van der Waals surface area contributed by atoms with Crippen LogP contribution in [0.15, 0.2) is 14.8 Å². The molecule has 0 aromatic heterocycles. The zero-order valence-electron chi connectivity index (χ0n) is 9.82. The van der Waals surface area contributed by atoms with Crippen LogP contribution >= 0.6 is 23.2 Å². The van der Waals surface area contributed by atoms with Crippen LogP contribution in [0.5, 0.6) is 0 Å². The Bertz CT molecular complexity index is 622. The van der Waals surface area contributed by atoms with Crippen LogP contribution in [0.3, 0.4) is 0 Å². The van der Waals surface area contributed by atoms with E-state index in [9.17, 15) is 4.79 Å². The van der Waals surface area contributed by atoms with Gasteiger partial charge in [-0.3, -0.25) is 0 Å². The van der Waals surface area contributed by atoms with Gasteiger partial charge < -0.3 is 10.2 Å². The molecule has 1 aromatic rings. The highest BCUT2D eigenvalue weighted by molar-refractivity contribution is 7.58. The van der Waals surface area contributed by atoms with Crippen LogP contribution in [0.2, 0.25) is 10.0 Å². The summed E-state index contributed by atoms with van der Waals surface area (Å²) in [5.74, 6) is 0. The predicted octanol–water partition coefficient (Wildman–Crippen LogP) is 4.35. The molecule has 0 bridgehead atoms. The molecule has 2 aliphatic rings. The topological polar surface area (TPSA) is 57.1 Å². The number of anilines is 1. The fraction of sp³-hybridized carbons (Fsp3) is 0.364. The van der Waals surface area contributed by atoms with Crippen molar-refractivity contribution in [2.75, 3.05) is 18.4 Å². The molecule has 5 nitrogen and oxygen atoms in total. The van der Waals surface area contributed by atoms with Gasteiger partial charge in [-0.1, -0.05) is 23.2 Å². The van der Waals surface area contributed by atoms with Gasteiger partial charge in [-0.05, 0) is 18.9 Å². The number of hydrogen-bond donors (Lipinski definition) is 1. The second kappa shape index (κ2) is 5.11. The average molecular weight is 317 g/mol. The van der Waals surface area contributed by atoms with Crippen molar-refractivity contribution in [1.29, 1.82) is 0 Å². The fourth-order valence-electron chi connectivity index (χ4n) is 2.10. The number of rotatable bonds is 1. The highest BCUT2D eigenvalue weighted by Gasteiger charge is 2.23. The molecule has 19 heavy (non-hydrogen) atoms. The van der Waals surface area contributed by atoms with Crippen LogP contribution in [-0.4, -0.2) is 24.0 Å². The van der Waals surface area contributed by atoms with Gasteiger partial charge in [0, 0.05) is 13.1 Å². The molecule has 8 heteroatoms.